The molecule has 1 aromatic carbocycles. The minimum absolute atomic E-state index is 0.0181. The maximum atomic E-state index is 11.7. The van der Waals surface area contributed by atoms with Gasteiger partial charge in [0.05, 0.1) is 17.3 Å². The second kappa shape index (κ2) is 3.44. The lowest BCUT2D eigenvalue weighted by Gasteiger charge is -2.23. The number of rotatable bonds is 0. The molecule has 2 aromatic rings. The lowest BCUT2D eigenvalue weighted by atomic mass is 10.1. The van der Waals surface area contributed by atoms with Crippen molar-refractivity contribution in [3.05, 3.63) is 40.2 Å². The van der Waals surface area contributed by atoms with Crippen molar-refractivity contribution >= 4 is 10.9 Å². The van der Waals surface area contributed by atoms with Gasteiger partial charge in [0, 0.05) is 5.39 Å². The molecule has 0 aliphatic carbocycles. The van der Waals surface area contributed by atoms with Gasteiger partial charge in [-0.15, -0.1) is 0 Å². The molecule has 0 N–H and O–H groups in total. The zero-order valence-corrected chi connectivity index (χ0v) is 10.1. The van der Waals surface area contributed by atoms with E-state index in [1.54, 1.807) is 0 Å². The molecule has 16 heavy (non-hydrogen) atoms. The van der Waals surface area contributed by atoms with Crippen LogP contribution in [0.1, 0.15) is 26.3 Å². The molecule has 0 atom stereocenters. The Balaban J connectivity index is 2.92. The summed E-state index contributed by atoms with van der Waals surface area (Å²) in [5, 5.41) is 4.95. The van der Waals surface area contributed by atoms with Crippen molar-refractivity contribution < 1.29 is 0 Å². The summed E-state index contributed by atoms with van der Waals surface area (Å²) in [6.45, 7) is 8.24. The number of nitrogens with zero attached hydrogens (tertiary/aromatic N) is 2. The zero-order valence-electron chi connectivity index (χ0n) is 10.1. The van der Waals surface area contributed by atoms with Crippen molar-refractivity contribution in [2.75, 3.05) is 0 Å². The van der Waals surface area contributed by atoms with Gasteiger partial charge in [-0.1, -0.05) is 6.07 Å². The van der Waals surface area contributed by atoms with Crippen LogP contribution in [0.3, 0.4) is 0 Å². The average Bonchev–Trinajstić information content (AvgIpc) is 2.15. The van der Waals surface area contributed by atoms with Gasteiger partial charge < -0.3 is 0 Å². The van der Waals surface area contributed by atoms with E-state index in [9.17, 15) is 4.79 Å². The molecule has 1 aromatic heterocycles. The molecule has 2 rings (SSSR count). The highest BCUT2D eigenvalue weighted by Crippen LogP contribution is 2.19. The Hall–Kier alpha value is -1.64. The van der Waals surface area contributed by atoms with Crippen LogP contribution < -0.4 is 5.43 Å². The Bertz CT molecular complexity index is 591. The first-order chi connectivity index (χ1) is 7.39. The summed E-state index contributed by atoms with van der Waals surface area (Å²) in [5.41, 5.74) is 1.90. The van der Waals surface area contributed by atoms with Gasteiger partial charge in [-0.2, -0.15) is 5.10 Å². The molecular formula is C13H16N2O. The molecule has 1 heterocycles. The van der Waals surface area contributed by atoms with Gasteiger partial charge in [-0.05, 0) is 45.4 Å². The molecule has 0 spiro atoms. The predicted molar refractivity (Wildman–Crippen MR) is 65.7 cm³/mol. The van der Waals surface area contributed by atoms with Crippen LogP contribution >= 0.6 is 0 Å². The topological polar surface area (TPSA) is 34.9 Å². The van der Waals surface area contributed by atoms with Crippen LogP contribution in [-0.2, 0) is 5.54 Å². The molecule has 84 valence electrons. The minimum Gasteiger partial charge on any atom is -0.287 e. The van der Waals surface area contributed by atoms with Crippen LogP contribution in [0.4, 0.5) is 0 Å². The monoisotopic (exact) mass is 216 g/mol. The molecule has 0 fully saturated rings. The fourth-order valence-electron chi connectivity index (χ4n) is 1.80. The molecule has 0 bridgehead atoms. The first-order valence-electron chi connectivity index (χ1n) is 5.39. The number of benzene rings is 1. The molecular weight excluding hydrogens is 200 g/mol. The minimum atomic E-state index is -0.125. The number of aromatic nitrogens is 2. The summed E-state index contributed by atoms with van der Waals surface area (Å²) in [6.07, 6.45) is 1.39. The standard InChI is InChI=1S/C13H16N2O/c1-9-5-6-10-11(7-9)15(13(2,3)4)14-8-12(10)16/h5-8H,1-4H3. The van der Waals surface area contributed by atoms with Crippen molar-refractivity contribution in [2.45, 2.75) is 33.2 Å². The van der Waals surface area contributed by atoms with Crippen LogP contribution in [0.5, 0.6) is 0 Å². The quantitative estimate of drug-likeness (QED) is 0.678. The molecule has 3 heteroatoms. The molecule has 0 saturated carbocycles. The Morgan fingerprint density at radius 1 is 1.25 bits per heavy atom. The molecule has 0 unspecified atom stereocenters. The van der Waals surface area contributed by atoms with Crippen molar-refractivity contribution in [1.29, 1.82) is 0 Å². The Morgan fingerprint density at radius 2 is 1.94 bits per heavy atom. The Kier molecular flexibility index (Phi) is 2.34. The third-order valence-corrected chi connectivity index (χ3v) is 2.57. The van der Waals surface area contributed by atoms with Gasteiger partial charge in [-0.25, -0.2) is 0 Å². The molecule has 0 aliphatic heterocycles. The third-order valence-electron chi connectivity index (χ3n) is 2.57. The van der Waals surface area contributed by atoms with Crippen molar-refractivity contribution in [3.63, 3.8) is 0 Å². The van der Waals surface area contributed by atoms with E-state index in [0.29, 0.717) is 0 Å². The highest BCUT2D eigenvalue weighted by atomic mass is 16.1. The highest BCUT2D eigenvalue weighted by molar-refractivity contribution is 5.79. The summed E-state index contributed by atoms with van der Waals surface area (Å²) < 4.78 is 1.90. The number of aryl methyl sites for hydroxylation is 1. The van der Waals surface area contributed by atoms with E-state index in [2.05, 4.69) is 25.9 Å². The number of hydrogen-bond donors (Lipinski definition) is 0. The first kappa shape index (κ1) is 10.9. The summed E-state index contributed by atoms with van der Waals surface area (Å²) >= 11 is 0. The van der Waals surface area contributed by atoms with Crippen molar-refractivity contribution in [3.8, 4) is 0 Å². The van der Waals surface area contributed by atoms with Gasteiger partial charge in [0.15, 0.2) is 0 Å². The Morgan fingerprint density at radius 3 is 2.56 bits per heavy atom. The Labute approximate surface area is 94.7 Å². The summed E-state index contributed by atoms with van der Waals surface area (Å²) in [4.78, 5) is 11.7. The average molecular weight is 216 g/mol. The molecule has 0 amide bonds. The number of fused-ring (bicyclic) bond motifs is 1. The van der Waals surface area contributed by atoms with Crippen molar-refractivity contribution in [1.82, 2.24) is 9.78 Å². The third kappa shape index (κ3) is 1.73. The van der Waals surface area contributed by atoms with E-state index < -0.39 is 0 Å². The summed E-state index contributed by atoms with van der Waals surface area (Å²) in [7, 11) is 0. The summed E-state index contributed by atoms with van der Waals surface area (Å²) in [5.74, 6) is 0. The molecule has 0 saturated heterocycles. The van der Waals surface area contributed by atoms with Crippen LogP contribution in [0, 0.1) is 6.92 Å². The second-order valence-corrected chi connectivity index (χ2v) is 5.11. The van der Waals surface area contributed by atoms with Crippen LogP contribution in [-0.4, -0.2) is 9.78 Å². The highest BCUT2D eigenvalue weighted by Gasteiger charge is 2.16. The maximum Gasteiger partial charge on any atom is 0.207 e. The lowest BCUT2D eigenvalue weighted by Crippen LogP contribution is -2.27. The predicted octanol–water partition coefficient (Wildman–Crippen LogP) is 2.46. The van der Waals surface area contributed by atoms with Gasteiger partial charge in [0.2, 0.25) is 5.43 Å². The molecule has 0 radical (unpaired) electrons. The van der Waals surface area contributed by atoms with Gasteiger partial charge in [0.1, 0.15) is 0 Å². The van der Waals surface area contributed by atoms with Crippen LogP contribution in [0.25, 0.3) is 10.9 Å². The number of hydrogen-bond acceptors (Lipinski definition) is 2. The van der Waals surface area contributed by atoms with E-state index >= 15 is 0 Å². The van der Waals surface area contributed by atoms with Gasteiger partial charge in [0.25, 0.3) is 0 Å². The lowest BCUT2D eigenvalue weighted by molar-refractivity contribution is 0.363. The van der Waals surface area contributed by atoms with E-state index in [4.69, 9.17) is 0 Å². The van der Waals surface area contributed by atoms with Gasteiger partial charge >= 0.3 is 0 Å². The smallest absolute Gasteiger partial charge is 0.207 e. The maximum absolute atomic E-state index is 11.7. The second-order valence-electron chi connectivity index (χ2n) is 5.11. The normalized spacial score (nSPS) is 12.0. The first-order valence-corrected chi connectivity index (χ1v) is 5.39. The van der Waals surface area contributed by atoms with Crippen molar-refractivity contribution in [2.24, 2.45) is 0 Å². The van der Waals surface area contributed by atoms with Crippen LogP contribution in [0.15, 0.2) is 29.2 Å². The fourth-order valence-corrected chi connectivity index (χ4v) is 1.80. The SMILES string of the molecule is Cc1ccc2c(=O)cnn(C(C)(C)C)c2c1. The van der Waals surface area contributed by atoms with E-state index in [0.717, 1.165) is 16.5 Å². The van der Waals surface area contributed by atoms with Gasteiger partial charge in [-0.3, -0.25) is 9.48 Å². The molecule has 3 nitrogen and oxygen atoms in total. The van der Waals surface area contributed by atoms with Crippen LogP contribution in [0.2, 0.25) is 0 Å². The zero-order chi connectivity index (χ0) is 11.9. The van der Waals surface area contributed by atoms with E-state index in [-0.39, 0.29) is 11.0 Å². The summed E-state index contributed by atoms with van der Waals surface area (Å²) in [6, 6.07) is 5.84. The largest absolute Gasteiger partial charge is 0.287 e. The van der Waals surface area contributed by atoms with E-state index in [1.807, 2.05) is 29.8 Å². The van der Waals surface area contributed by atoms with E-state index in [1.165, 1.54) is 6.20 Å². The fraction of sp³-hybridized carbons (Fsp3) is 0.385. The molecule has 0 aliphatic rings.